The molecule has 1 N–H and O–H groups in total. The first kappa shape index (κ1) is 25.8. The lowest BCUT2D eigenvalue weighted by atomic mass is 9.75. The summed E-state index contributed by atoms with van der Waals surface area (Å²) in [5.41, 5.74) is 1.33. The molecule has 10 nitrogen and oxygen atoms in total. The third-order valence-electron chi connectivity index (χ3n) is 6.24. The van der Waals surface area contributed by atoms with Crippen molar-refractivity contribution >= 4 is 11.9 Å². The molecule has 1 fully saturated rings. The van der Waals surface area contributed by atoms with Gasteiger partial charge in [-0.25, -0.2) is 9.48 Å². The van der Waals surface area contributed by atoms with E-state index in [0.29, 0.717) is 36.1 Å². The van der Waals surface area contributed by atoms with Gasteiger partial charge in [0.1, 0.15) is 12.3 Å². The van der Waals surface area contributed by atoms with Crippen molar-refractivity contribution in [3.8, 4) is 5.69 Å². The fourth-order valence-electron chi connectivity index (χ4n) is 4.27. The zero-order valence-electron chi connectivity index (χ0n) is 20.3. The second-order valence-electron chi connectivity index (χ2n) is 9.58. The number of likely N-dealkylation sites (N-methyl/N-ethyl adjacent to an activating group) is 1. The van der Waals surface area contributed by atoms with E-state index in [1.165, 1.54) is 36.0 Å². The van der Waals surface area contributed by atoms with Crippen molar-refractivity contribution in [3.63, 3.8) is 0 Å². The Bertz CT molecular complexity index is 961. The van der Waals surface area contributed by atoms with Crippen molar-refractivity contribution in [3.05, 3.63) is 35.9 Å². The fraction of sp³-hybridized carbons (Fsp3) is 0.625. The quantitative estimate of drug-likeness (QED) is 0.467. The number of hydrogen-bond donors (Lipinski definition) is 1. The number of carboxylic acid groups (broad SMARTS) is 1. The highest BCUT2D eigenvalue weighted by atomic mass is 16.5. The van der Waals surface area contributed by atoms with Crippen molar-refractivity contribution in [2.45, 2.75) is 65.0 Å². The monoisotopic (exact) mass is 473 g/mol. The number of carbonyl (C=O) groups excluding carboxylic acids is 1. The van der Waals surface area contributed by atoms with Crippen molar-refractivity contribution < 1.29 is 24.2 Å². The molecule has 0 spiro atoms. The predicted molar refractivity (Wildman–Crippen MR) is 125 cm³/mol. The van der Waals surface area contributed by atoms with Crippen LogP contribution in [0.4, 0.5) is 0 Å². The Hall–Kier alpha value is -2.85. The Labute approximate surface area is 200 Å². The van der Waals surface area contributed by atoms with Gasteiger partial charge in [-0.1, -0.05) is 25.5 Å². The number of unbranched alkanes of at least 4 members (excludes halogenated alkanes) is 1. The van der Waals surface area contributed by atoms with Crippen LogP contribution >= 0.6 is 0 Å². The SMILES string of the molecule is CN(C(=O)COCCCCOCc1cn(-c2cnccc2C(=O)O)nn1)C1CCCC(C)(C)C1. The molecule has 1 aliphatic rings. The standard InChI is InChI=1S/C24H35N5O5/c1-24(2)9-6-7-19(13-24)28(3)22(30)17-34-12-5-4-11-33-16-18-15-29(27-26-18)21-14-25-10-8-20(21)23(31)32/h8,10,14-15,19H,4-7,9,11-13,16-17H2,1-3H3,(H,31,32). The summed E-state index contributed by atoms with van der Waals surface area (Å²) in [7, 11) is 1.89. The van der Waals surface area contributed by atoms with Crippen LogP contribution in [0.5, 0.6) is 0 Å². The van der Waals surface area contributed by atoms with Crippen LogP contribution in [0.25, 0.3) is 5.69 Å². The van der Waals surface area contributed by atoms with Crippen molar-refractivity contribution in [2.24, 2.45) is 5.41 Å². The first-order chi connectivity index (χ1) is 16.3. The lowest BCUT2D eigenvalue weighted by Crippen LogP contribution is -2.43. The Morgan fingerprint density at radius 3 is 2.76 bits per heavy atom. The average Bonchev–Trinajstić information content (AvgIpc) is 3.28. The zero-order chi connectivity index (χ0) is 24.6. The Balaban J connectivity index is 1.29. The molecule has 0 aromatic carbocycles. The maximum atomic E-state index is 12.4. The third-order valence-corrected chi connectivity index (χ3v) is 6.24. The third kappa shape index (κ3) is 7.33. The number of carbonyl (C=O) groups is 2. The number of pyridine rings is 1. The Morgan fingerprint density at radius 2 is 2.03 bits per heavy atom. The number of carboxylic acids is 1. The number of amides is 1. The van der Waals surface area contributed by atoms with Gasteiger partial charge in [-0.3, -0.25) is 9.78 Å². The summed E-state index contributed by atoms with van der Waals surface area (Å²) in [6.45, 7) is 5.96. The molecule has 1 saturated carbocycles. The van der Waals surface area contributed by atoms with Gasteiger partial charge in [0.15, 0.2) is 0 Å². The van der Waals surface area contributed by atoms with Gasteiger partial charge >= 0.3 is 5.97 Å². The number of ether oxygens (including phenoxy) is 2. The van der Waals surface area contributed by atoms with E-state index in [4.69, 9.17) is 9.47 Å². The highest BCUT2D eigenvalue weighted by Crippen LogP contribution is 2.36. The van der Waals surface area contributed by atoms with Crippen LogP contribution in [0.15, 0.2) is 24.7 Å². The van der Waals surface area contributed by atoms with Crippen molar-refractivity contribution in [1.82, 2.24) is 24.9 Å². The van der Waals surface area contributed by atoms with E-state index in [0.717, 1.165) is 25.7 Å². The first-order valence-corrected chi connectivity index (χ1v) is 11.8. The van der Waals surface area contributed by atoms with E-state index < -0.39 is 5.97 Å². The molecule has 3 rings (SSSR count). The largest absolute Gasteiger partial charge is 0.478 e. The molecule has 34 heavy (non-hydrogen) atoms. The van der Waals surface area contributed by atoms with Gasteiger partial charge in [-0.2, -0.15) is 0 Å². The van der Waals surface area contributed by atoms with E-state index in [9.17, 15) is 14.7 Å². The lowest BCUT2D eigenvalue weighted by molar-refractivity contribution is -0.138. The summed E-state index contributed by atoms with van der Waals surface area (Å²) in [4.78, 5) is 29.6. The van der Waals surface area contributed by atoms with E-state index in [2.05, 4.69) is 29.1 Å². The van der Waals surface area contributed by atoms with E-state index >= 15 is 0 Å². The summed E-state index contributed by atoms with van der Waals surface area (Å²) in [6, 6.07) is 1.72. The normalized spacial score (nSPS) is 17.4. The number of aromatic carboxylic acids is 1. The number of rotatable bonds is 12. The van der Waals surface area contributed by atoms with Gasteiger partial charge in [0.25, 0.3) is 0 Å². The minimum absolute atomic E-state index is 0.0432. The highest BCUT2D eigenvalue weighted by molar-refractivity contribution is 5.91. The van der Waals surface area contributed by atoms with E-state index in [1.807, 2.05) is 11.9 Å². The molecule has 1 aliphatic carbocycles. The summed E-state index contributed by atoms with van der Waals surface area (Å²) < 4.78 is 12.6. The second kappa shape index (κ2) is 12.0. The summed E-state index contributed by atoms with van der Waals surface area (Å²) >= 11 is 0. The van der Waals surface area contributed by atoms with Gasteiger partial charge < -0.3 is 19.5 Å². The molecular weight excluding hydrogens is 438 g/mol. The summed E-state index contributed by atoms with van der Waals surface area (Å²) in [5.74, 6) is -1.01. The number of aromatic nitrogens is 4. The topological polar surface area (TPSA) is 120 Å². The Kier molecular flexibility index (Phi) is 9.12. The van der Waals surface area contributed by atoms with Crippen molar-refractivity contribution in [1.29, 1.82) is 0 Å². The molecule has 10 heteroatoms. The molecule has 0 radical (unpaired) electrons. The first-order valence-electron chi connectivity index (χ1n) is 11.8. The molecule has 1 amide bonds. The van der Waals surface area contributed by atoms with Crippen LogP contribution in [0.2, 0.25) is 0 Å². The molecular formula is C24H35N5O5. The molecule has 1 unspecified atom stereocenters. The average molecular weight is 474 g/mol. The van der Waals surface area contributed by atoms with Crippen LogP contribution in [-0.4, -0.2) is 74.8 Å². The molecule has 0 saturated heterocycles. The van der Waals surface area contributed by atoms with E-state index in [1.54, 1.807) is 6.20 Å². The summed E-state index contributed by atoms with van der Waals surface area (Å²) in [6.07, 6.45) is 10.6. The van der Waals surface area contributed by atoms with Crippen LogP contribution < -0.4 is 0 Å². The van der Waals surface area contributed by atoms with Crippen LogP contribution in [0, 0.1) is 5.41 Å². The van der Waals surface area contributed by atoms with Crippen molar-refractivity contribution in [2.75, 3.05) is 26.9 Å². The minimum Gasteiger partial charge on any atom is -0.478 e. The van der Waals surface area contributed by atoms with Gasteiger partial charge in [0, 0.05) is 32.5 Å². The molecule has 0 aliphatic heterocycles. The second-order valence-corrected chi connectivity index (χ2v) is 9.58. The van der Waals surface area contributed by atoms with Crippen LogP contribution in [-0.2, 0) is 20.9 Å². The predicted octanol–water partition coefficient (Wildman–Crippen LogP) is 3.10. The highest BCUT2D eigenvalue weighted by Gasteiger charge is 2.31. The smallest absolute Gasteiger partial charge is 0.338 e. The maximum absolute atomic E-state index is 12.4. The van der Waals surface area contributed by atoms with Crippen LogP contribution in [0.1, 0.15) is 68.4 Å². The fourth-order valence-corrected chi connectivity index (χ4v) is 4.27. The Morgan fingerprint density at radius 1 is 1.26 bits per heavy atom. The maximum Gasteiger partial charge on any atom is 0.338 e. The lowest BCUT2D eigenvalue weighted by Gasteiger charge is -2.39. The van der Waals surface area contributed by atoms with Crippen LogP contribution in [0.3, 0.4) is 0 Å². The van der Waals surface area contributed by atoms with Gasteiger partial charge in [-0.15, -0.1) is 5.10 Å². The van der Waals surface area contributed by atoms with Gasteiger partial charge in [-0.05, 0) is 43.6 Å². The molecule has 186 valence electrons. The molecule has 2 heterocycles. The van der Waals surface area contributed by atoms with Gasteiger partial charge in [0.05, 0.1) is 30.3 Å². The van der Waals surface area contributed by atoms with E-state index in [-0.39, 0.29) is 24.7 Å². The molecule has 2 aromatic rings. The summed E-state index contributed by atoms with van der Waals surface area (Å²) in [5, 5.41) is 17.3. The molecule has 0 bridgehead atoms. The molecule has 1 atom stereocenters. The number of hydrogen-bond acceptors (Lipinski definition) is 7. The molecule has 2 aromatic heterocycles. The minimum atomic E-state index is -1.06. The van der Waals surface area contributed by atoms with Gasteiger partial charge in [0.2, 0.25) is 5.91 Å². The number of nitrogens with zero attached hydrogens (tertiary/aromatic N) is 5. The zero-order valence-corrected chi connectivity index (χ0v) is 20.3.